The first-order chi connectivity index (χ1) is 10.6. The molecule has 1 atom stereocenters. The number of nitrogens with zero attached hydrogens (tertiary/aromatic N) is 2. The number of thiazole rings is 1. The first kappa shape index (κ1) is 15.4. The molecule has 1 aliphatic heterocycles. The molecule has 1 amide bonds. The highest BCUT2D eigenvalue weighted by molar-refractivity contribution is 7.11. The van der Waals surface area contributed by atoms with Crippen molar-refractivity contribution in [3.63, 3.8) is 0 Å². The van der Waals surface area contributed by atoms with E-state index in [9.17, 15) is 9.59 Å². The van der Waals surface area contributed by atoms with Crippen molar-refractivity contribution in [3.05, 3.63) is 16.1 Å². The number of amides is 1. The molecule has 2 heterocycles. The summed E-state index contributed by atoms with van der Waals surface area (Å²) in [5.41, 5.74) is 2.60. The summed E-state index contributed by atoms with van der Waals surface area (Å²) in [5.74, 6) is -0.577. The van der Waals surface area contributed by atoms with Gasteiger partial charge >= 0.3 is 5.97 Å². The molecular formula is C15H20N2O4S. The standard InChI is InChI=1S/C15H20N2O4S/c18-12(19)5-6-17(8-11-2-1-7-21-11)15(20)14-13(10-3-4-10)16-9-22-14/h9-11H,1-8H2,(H,18,19). The normalized spacial score (nSPS) is 21.0. The lowest BCUT2D eigenvalue weighted by Gasteiger charge is -2.24. The van der Waals surface area contributed by atoms with Crippen molar-refractivity contribution in [1.29, 1.82) is 0 Å². The fourth-order valence-corrected chi connectivity index (χ4v) is 3.59. The smallest absolute Gasteiger partial charge is 0.305 e. The van der Waals surface area contributed by atoms with Crippen molar-refractivity contribution in [1.82, 2.24) is 9.88 Å². The Hall–Kier alpha value is -1.47. The fourth-order valence-electron chi connectivity index (χ4n) is 2.75. The van der Waals surface area contributed by atoms with E-state index in [0.717, 1.165) is 38.0 Å². The molecule has 6 nitrogen and oxygen atoms in total. The molecule has 22 heavy (non-hydrogen) atoms. The van der Waals surface area contributed by atoms with E-state index in [2.05, 4.69) is 4.98 Å². The van der Waals surface area contributed by atoms with Crippen LogP contribution in [0.1, 0.15) is 53.4 Å². The van der Waals surface area contributed by atoms with E-state index in [-0.39, 0.29) is 25.0 Å². The molecule has 3 rings (SSSR count). The van der Waals surface area contributed by atoms with Gasteiger partial charge in [-0.05, 0) is 25.7 Å². The molecule has 0 aromatic carbocycles. The maximum Gasteiger partial charge on any atom is 0.305 e. The van der Waals surface area contributed by atoms with Crippen LogP contribution in [0.3, 0.4) is 0 Å². The zero-order chi connectivity index (χ0) is 15.5. The number of carboxylic acids is 1. The molecule has 2 fully saturated rings. The van der Waals surface area contributed by atoms with Crippen LogP contribution in [0.25, 0.3) is 0 Å². The van der Waals surface area contributed by atoms with Gasteiger partial charge in [0.15, 0.2) is 0 Å². The third-order valence-electron chi connectivity index (χ3n) is 4.08. The molecule has 2 aliphatic rings. The largest absolute Gasteiger partial charge is 0.481 e. The van der Waals surface area contributed by atoms with Crippen LogP contribution in [0.2, 0.25) is 0 Å². The molecule has 1 aromatic heterocycles. The first-order valence-electron chi connectivity index (χ1n) is 7.71. The summed E-state index contributed by atoms with van der Waals surface area (Å²) in [4.78, 5) is 30.3. The van der Waals surface area contributed by atoms with E-state index in [1.807, 2.05) is 0 Å². The fraction of sp³-hybridized carbons (Fsp3) is 0.667. The van der Waals surface area contributed by atoms with E-state index in [4.69, 9.17) is 9.84 Å². The molecule has 120 valence electrons. The van der Waals surface area contributed by atoms with Gasteiger partial charge in [0.05, 0.1) is 23.7 Å². The lowest BCUT2D eigenvalue weighted by atomic mass is 10.2. The zero-order valence-corrected chi connectivity index (χ0v) is 13.2. The molecule has 1 unspecified atom stereocenters. The van der Waals surface area contributed by atoms with Crippen molar-refractivity contribution in [2.45, 2.75) is 44.1 Å². The van der Waals surface area contributed by atoms with Crippen molar-refractivity contribution in [3.8, 4) is 0 Å². The lowest BCUT2D eigenvalue weighted by molar-refractivity contribution is -0.137. The monoisotopic (exact) mass is 324 g/mol. The number of rotatable bonds is 7. The number of aliphatic carboxylic acids is 1. The molecule has 1 N–H and O–H groups in total. The molecule has 1 aliphatic carbocycles. The Bertz CT molecular complexity index is 549. The average Bonchev–Trinajstić information content (AvgIpc) is 3.02. The maximum absolute atomic E-state index is 12.8. The number of carbonyl (C=O) groups is 2. The number of carbonyl (C=O) groups excluding carboxylic acids is 1. The van der Waals surface area contributed by atoms with Crippen LogP contribution in [-0.2, 0) is 9.53 Å². The Kier molecular flexibility index (Phi) is 4.73. The van der Waals surface area contributed by atoms with E-state index in [0.29, 0.717) is 17.3 Å². The van der Waals surface area contributed by atoms with E-state index < -0.39 is 5.97 Å². The predicted octanol–water partition coefficient (Wildman–Crippen LogP) is 2.12. The Labute approximate surface area is 133 Å². The Morgan fingerprint density at radius 1 is 1.41 bits per heavy atom. The Balaban J connectivity index is 1.72. The SMILES string of the molecule is O=C(O)CCN(CC1CCCO1)C(=O)c1scnc1C1CC1. The van der Waals surface area contributed by atoms with Gasteiger partial charge in [-0.1, -0.05) is 0 Å². The Morgan fingerprint density at radius 2 is 2.23 bits per heavy atom. The number of carboxylic acid groups (broad SMARTS) is 1. The van der Waals surface area contributed by atoms with Crippen molar-refractivity contribution < 1.29 is 19.4 Å². The number of hydrogen-bond donors (Lipinski definition) is 1. The van der Waals surface area contributed by atoms with Gasteiger partial charge in [0.1, 0.15) is 4.88 Å². The molecule has 0 bridgehead atoms. The van der Waals surface area contributed by atoms with Crippen LogP contribution in [0.5, 0.6) is 0 Å². The highest BCUT2D eigenvalue weighted by Crippen LogP contribution is 2.42. The third kappa shape index (κ3) is 3.64. The minimum absolute atomic E-state index is 0.0232. The third-order valence-corrected chi connectivity index (χ3v) is 4.91. The van der Waals surface area contributed by atoms with E-state index in [1.54, 1.807) is 10.4 Å². The number of aromatic nitrogens is 1. The van der Waals surface area contributed by atoms with Crippen LogP contribution < -0.4 is 0 Å². The molecule has 7 heteroatoms. The highest BCUT2D eigenvalue weighted by atomic mass is 32.1. The van der Waals surface area contributed by atoms with Crippen LogP contribution in [0, 0.1) is 0 Å². The predicted molar refractivity (Wildman–Crippen MR) is 81.2 cm³/mol. The molecule has 1 saturated carbocycles. The maximum atomic E-state index is 12.8. The summed E-state index contributed by atoms with van der Waals surface area (Å²) in [6.45, 7) is 1.41. The molecule has 1 aromatic rings. The zero-order valence-electron chi connectivity index (χ0n) is 12.4. The molecule has 0 spiro atoms. The van der Waals surface area contributed by atoms with Gasteiger partial charge in [0.25, 0.3) is 5.91 Å². The van der Waals surface area contributed by atoms with Crippen LogP contribution in [-0.4, -0.2) is 52.7 Å². The van der Waals surface area contributed by atoms with Crippen LogP contribution in [0.4, 0.5) is 0 Å². The summed E-state index contributed by atoms with van der Waals surface area (Å²) < 4.78 is 5.59. The van der Waals surface area contributed by atoms with Crippen molar-refractivity contribution in [2.24, 2.45) is 0 Å². The second-order valence-electron chi connectivity index (χ2n) is 5.87. The quantitative estimate of drug-likeness (QED) is 0.831. The van der Waals surface area contributed by atoms with Crippen molar-refractivity contribution in [2.75, 3.05) is 19.7 Å². The van der Waals surface area contributed by atoms with Gasteiger partial charge in [-0.3, -0.25) is 9.59 Å². The summed E-state index contributed by atoms with van der Waals surface area (Å²) in [6, 6.07) is 0. The van der Waals surface area contributed by atoms with E-state index in [1.165, 1.54) is 11.3 Å². The average molecular weight is 324 g/mol. The summed E-state index contributed by atoms with van der Waals surface area (Å²) in [6.07, 6.45) is 4.08. The van der Waals surface area contributed by atoms with Crippen LogP contribution >= 0.6 is 11.3 Å². The molecule has 0 radical (unpaired) electrons. The lowest BCUT2D eigenvalue weighted by Crippen LogP contribution is -2.38. The molecule has 1 saturated heterocycles. The summed E-state index contributed by atoms with van der Waals surface area (Å²) >= 11 is 1.36. The van der Waals surface area contributed by atoms with Gasteiger partial charge in [-0.15, -0.1) is 11.3 Å². The van der Waals surface area contributed by atoms with Gasteiger partial charge in [0.2, 0.25) is 0 Å². The summed E-state index contributed by atoms with van der Waals surface area (Å²) in [5, 5.41) is 8.91. The Morgan fingerprint density at radius 3 is 2.86 bits per heavy atom. The minimum Gasteiger partial charge on any atom is -0.481 e. The second kappa shape index (κ2) is 6.75. The van der Waals surface area contributed by atoms with Crippen molar-refractivity contribution >= 4 is 23.2 Å². The second-order valence-corrected chi connectivity index (χ2v) is 6.73. The van der Waals surface area contributed by atoms with E-state index >= 15 is 0 Å². The topological polar surface area (TPSA) is 79.7 Å². The number of ether oxygens (including phenoxy) is 1. The minimum atomic E-state index is -0.892. The number of hydrogen-bond acceptors (Lipinski definition) is 5. The first-order valence-corrected chi connectivity index (χ1v) is 8.59. The highest BCUT2D eigenvalue weighted by Gasteiger charge is 2.33. The van der Waals surface area contributed by atoms with Gasteiger partial charge in [0, 0.05) is 25.6 Å². The van der Waals surface area contributed by atoms with Gasteiger partial charge < -0.3 is 14.7 Å². The summed E-state index contributed by atoms with van der Waals surface area (Å²) in [7, 11) is 0. The van der Waals surface area contributed by atoms with Crippen LogP contribution in [0.15, 0.2) is 5.51 Å². The van der Waals surface area contributed by atoms with Gasteiger partial charge in [-0.2, -0.15) is 0 Å². The molecular weight excluding hydrogens is 304 g/mol. The van der Waals surface area contributed by atoms with Gasteiger partial charge in [-0.25, -0.2) is 4.98 Å².